The number of nitrogens with zero attached hydrogens (tertiary/aromatic N) is 2. The van der Waals surface area contributed by atoms with Crippen LogP contribution in [-0.4, -0.2) is 49.3 Å². The van der Waals surface area contributed by atoms with Gasteiger partial charge in [0.25, 0.3) is 0 Å². The zero-order chi connectivity index (χ0) is 17.9. The van der Waals surface area contributed by atoms with Crippen molar-refractivity contribution in [2.24, 2.45) is 5.73 Å². The van der Waals surface area contributed by atoms with E-state index in [2.05, 4.69) is 23.9 Å². The fourth-order valence-electron chi connectivity index (χ4n) is 2.77. The standard InChI is InChI=1S/C18H29N3O3/c1-18(2,3)24-23-17(22)13-6-8-14(9-7-13)21-11-10-15(20(4)5)12-16(21)19/h6-9,15-16H,10-12,19H2,1-5H3. The van der Waals surface area contributed by atoms with Gasteiger partial charge in [0.1, 0.15) is 5.60 Å². The molecule has 6 nitrogen and oxygen atoms in total. The van der Waals surface area contributed by atoms with E-state index in [9.17, 15) is 4.79 Å². The molecule has 1 aliphatic rings. The first-order valence-electron chi connectivity index (χ1n) is 8.36. The Morgan fingerprint density at radius 1 is 1.25 bits per heavy atom. The van der Waals surface area contributed by atoms with Crippen molar-refractivity contribution in [3.05, 3.63) is 29.8 Å². The molecule has 1 aromatic carbocycles. The molecule has 24 heavy (non-hydrogen) atoms. The Morgan fingerprint density at radius 3 is 2.38 bits per heavy atom. The number of piperidine rings is 1. The van der Waals surface area contributed by atoms with Crippen LogP contribution in [0.15, 0.2) is 24.3 Å². The minimum atomic E-state index is -0.529. The topological polar surface area (TPSA) is 68.0 Å². The predicted octanol–water partition coefficient (Wildman–Crippen LogP) is 2.39. The van der Waals surface area contributed by atoms with Crippen molar-refractivity contribution in [3.63, 3.8) is 0 Å². The van der Waals surface area contributed by atoms with Crippen LogP contribution < -0.4 is 10.6 Å². The summed E-state index contributed by atoms with van der Waals surface area (Å²) in [6.45, 7) is 6.37. The van der Waals surface area contributed by atoms with Crippen LogP contribution in [0.3, 0.4) is 0 Å². The van der Waals surface area contributed by atoms with Crippen LogP contribution in [0.2, 0.25) is 0 Å². The first-order chi connectivity index (χ1) is 11.2. The smallest absolute Gasteiger partial charge is 0.356 e. The maximum atomic E-state index is 12.0. The van der Waals surface area contributed by atoms with Crippen molar-refractivity contribution in [1.82, 2.24) is 4.90 Å². The predicted molar refractivity (Wildman–Crippen MR) is 94.7 cm³/mol. The zero-order valence-corrected chi connectivity index (χ0v) is 15.3. The summed E-state index contributed by atoms with van der Waals surface area (Å²) in [6, 6.07) is 7.82. The van der Waals surface area contributed by atoms with Gasteiger partial charge < -0.3 is 15.5 Å². The van der Waals surface area contributed by atoms with Gasteiger partial charge in [-0.2, -0.15) is 4.89 Å². The fraction of sp³-hybridized carbons (Fsp3) is 0.611. The third-order valence-electron chi connectivity index (χ3n) is 4.15. The lowest BCUT2D eigenvalue weighted by Crippen LogP contribution is -2.52. The van der Waals surface area contributed by atoms with Crippen molar-refractivity contribution in [3.8, 4) is 0 Å². The summed E-state index contributed by atoms with van der Waals surface area (Å²) < 4.78 is 0. The average molecular weight is 335 g/mol. The number of benzene rings is 1. The summed E-state index contributed by atoms with van der Waals surface area (Å²) in [5, 5.41) is 0. The van der Waals surface area contributed by atoms with Gasteiger partial charge in [0, 0.05) is 18.3 Å². The van der Waals surface area contributed by atoms with E-state index in [1.165, 1.54) is 0 Å². The Kier molecular flexibility index (Phi) is 5.85. The molecule has 0 saturated carbocycles. The first-order valence-corrected chi connectivity index (χ1v) is 8.36. The van der Waals surface area contributed by atoms with Gasteiger partial charge >= 0.3 is 5.97 Å². The lowest BCUT2D eigenvalue weighted by molar-refractivity contribution is -0.301. The molecule has 6 heteroatoms. The maximum Gasteiger partial charge on any atom is 0.373 e. The number of nitrogens with two attached hydrogens (primary N) is 1. The Balaban J connectivity index is 1.98. The van der Waals surface area contributed by atoms with Crippen molar-refractivity contribution in [2.75, 3.05) is 25.5 Å². The Hall–Kier alpha value is -1.63. The van der Waals surface area contributed by atoms with Crippen molar-refractivity contribution < 1.29 is 14.6 Å². The fourth-order valence-corrected chi connectivity index (χ4v) is 2.77. The highest BCUT2D eigenvalue weighted by Gasteiger charge is 2.27. The molecule has 2 unspecified atom stereocenters. The number of carbonyl (C=O) groups excluding carboxylic acids is 1. The summed E-state index contributed by atoms with van der Waals surface area (Å²) in [5.74, 6) is -0.493. The van der Waals surface area contributed by atoms with Gasteiger partial charge in [-0.15, -0.1) is 0 Å². The van der Waals surface area contributed by atoms with E-state index in [0.717, 1.165) is 25.1 Å². The first kappa shape index (κ1) is 18.7. The maximum absolute atomic E-state index is 12.0. The summed E-state index contributed by atoms with van der Waals surface area (Å²) in [6.07, 6.45) is 1.98. The second kappa shape index (κ2) is 7.51. The molecule has 1 fully saturated rings. The highest BCUT2D eigenvalue weighted by molar-refractivity contribution is 5.89. The molecule has 2 atom stereocenters. The molecule has 2 rings (SSSR count). The van der Waals surface area contributed by atoms with Crippen LogP contribution in [-0.2, 0) is 9.78 Å². The van der Waals surface area contributed by atoms with Crippen LogP contribution in [0.1, 0.15) is 44.0 Å². The average Bonchev–Trinajstić information content (AvgIpc) is 2.52. The van der Waals surface area contributed by atoms with Crippen molar-refractivity contribution >= 4 is 11.7 Å². The molecule has 0 radical (unpaired) electrons. The minimum absolute atomic E-state index is 0.0202. The highest BCUT2D eigenvalue weighted by atomic mass is 17.2. The van der Waals surface area contributed by atoms with E-state index >= 15 is 0 Å². The van der Waals surface area contributed by atoms with Gasteiger partial charge in [0.15, 0.2) is 0 Å². The largest absolute Gasteiger partial charge is 0.373 e. The van der Waals surface area contributed by atoms with E-state index in [-0.39, 0.29) is 6.17 Å². The number of carbonyl (C=O) groups is 1. The summed E-state index contributed by atoms with van der Waals surface area (Å²) in [7, 11) is 4.18. The van der Waals surface area contributed by atoms with Crippen LogP contribution in [0.25, 0.3) is 0 Å². The number of rotatable bonds is 4. The quantitative estimate of drug-likeness (QED) is 0.673. The molecule has 1 heterocycles. The van der Waals surface area contributed by atoms with Gasteiger partial charge in [-0.3, -0.25) is 4.89 Å². The summed E-state index contributed by atoms with van der Waals surface area (Å²) in [5.41, 5.74) is 7.27. The van der Waals surface area contributed by atoms with E-state index in [1.54, 1.807) is 12.1 Å². The van der Waals surface area contributed by atoms with E-state index in [4.69, 9.17) is 15.5 Å². The lowest BCUT2D eigenvalue weighted by atomic mass is 10.0. The van der Waals surface area contributed by atoms with E-state index < -0.39 is 11.6 Å². The second-order valence-electron chi connectivity index (χ2n) is 7.52. The number of anilines is 1. The molecule has 0 aliphatic carbocycles. The summed E-state index contributed by atoms with van der Waals surface area (Å²) in [4.78, 5) is 26.3. The highest BCUT2D eigenvalue weighted by Crippen LogP contribution is 2.25. The lowest BCUT2D eigenvalue weighted by Gasteiger charge is -2.41. The van der Waals surface area contributed by atoms with E-state index in [1.807, 2.05) is 32.9 Å². The Bertz CT molecular complexity index is 552. The van der Waals surface area contributed by atoms with Crippen LogP contribution in [0, 0.1) is 0 Å². The van der Waals surface area contributed by atoms with Crippen molar-refractivity contribution in [1.29, 1.82) is 0 Å². The third-order valence-corrected chi connectivity index (χ3v) is 4.15. The Labute approximate surface area is 144 Å². The SMILES string of the molecule is CN(C)C1CCN(c2ccc(C(=O)OOC(C)(C)C)cc2)C(N)C1. The molecule has 0 bridgehead atoms. The zero-order valence-electron chi connectivity index (χ0n) is 15.3. The van der Waals surface area contributed by atoms with Crippen molar-refractivity contribution in [2.45, 2.75) is 51.4 Å². The molecular weight excluding hydrogens is 306 g/mol. The van der Waals surface area contributed by atoms with Gasteiger partial charge in [0.2, 0.25) is 0 Å². The molecule has 2 N–H and O–H groups in total. The van der Waals surface area contributed by atoms with Gasteiger partial charge in [-0.1, -0.05) is 0 Å². The van der Waals surface area contributed by atoms with Gasteiger partial charge in [-0.05, 0) is 72.0 Å². The van der Waals surface area contributed by atoms with Gasteiger partial charge in [0.05, 0.1) is 11.7 Å². The molecular formula is C18H29N3O3. The third kappa shape index (κ3) is 4.93. The van der Waals surface area contributed by atoms with E-state index in [0.29, 0.717) is 11.6 Å². The molecule has 1 aromatic rings. The molecule has 0 spiro atoms. The Morgan fingerprint density at radius 2 is 1.88 bits per heavy atom. The molecule has 134 valence electrons. The number of hydrogen-bond acceptors (Lipinski definition) is 6. The number of hydrogen-bond donors (Lipinski definition) is 1. The van der Waals surface area contributed by atoms with Crippen LogP contribution in [0.5, 0.6) is 0 Å². The van der Waals surface area contributed by atoms with Crippen LogP contribution in [0.4, 0.5) is 5.69 Å². The molecule has 1 aliphatic heterocycles. The normalized spacial score (nSPS) is 21.9. The summed E-state index contributed by atoms with van der Waals surface area (Å²) >= 11 is 0. The molecule has 1 saturated heterocycles. The second-order valence-corrected chi connectivity index (χ2v) is 7.52. The molecule has 0 aromatic heterocycles. The van der Waals surface area contributed by atoms with Gasteiger partial charge in [-0.25, -0.2) is 4.79 Å². The monoisotopic (exact) mass is 335 g/mol. The molecule has 0 amide bonds. The minimum Gasteiger partial charge on any atom is -0.356 e. The van der Waals surface area contributed by atoms with Crippen LogP contribution >= 0.6 is 0 Å².